The Bertz CT molecular complexity index is 1610. The summed E-state index contributed by atoms with van der Waals surface area (Å²) in [5.41, 5.74) is 15.1. The van der Waals surface area contributed by atoms with E-state index >= 15 is 0 Å². The maximum absolute atomic E-state index is 12.8. The molecule has 3 aliphatic heterocycles. The van der Waals surface area contributed by atoms with Crippen molar-refractivity contribution in [3.8, 4) is 0 Å². The molecule has 0 aromatic heterocycles. The molecule has 0 bridgehead atoms. The van der Waals surface area contributed by atoms with E-state index in [0.717, 1.165) is 22.3 Å². The lowest BCUT2D eigenvalue weighted by Gasteiger charge is -2.38. The van der Waals surface area contributed by atoms with Gasteiger partial charge in [0.2, 0.25) is 11.8 Å². The Balaban J connectivity index is 0.924. The molecule has 0 saturated carbocycles. The van der Waals surface area contributed by atoms with Crippen molar-refractivity contribution in [2.24, 2.45) is 11.5 Å². The lowest BCUT2D eigenvalue weighted by Crippen LogP contribution is -2.64. The molecule has 3 aliphatic rings. The highest BCUT2D eigenvalue weighted by Gasteiger charge is 2.51. The largest absolute Gasteiger partial charge is 0.356 e. The fraction of sp³-hybridized carbons (Fsp3) is 0.526. The highest BCUT2D eigenvalue weighted by molar-refractivity contribution is 5.87. The van der Waals surface area contributed by atoms with E-state index in [1.54, 1.807) is 19.6 Å². The molecule has 10 N–H and O–H groups in total. The molecule has 58 heavy (non-hydrogen) atoms. The van der Waals surface area contributed by atoms with E-state index in [0.29, 0.717) is 78.5 Å². The molecule has 3 heterocycles. The van der Waals surface area contributed by atoms with Crippen LogP contribution >= 0.6 is 0 Å². The molecule has 20 nitrogen and oxygen atoms in total. The zero-order valence-electron chi connectivity index (χ0n) is 32.5. The minimum Gasteiger partial charge on any atom is -0.356 e. The Hall–Kier alpha value is -5.38. The molecule has 2 atom stereocenters. The van der Waals surface area contributed by atoms with Gasteiger partial charge in [0.1, 0.15) is 13.2 Å². The maximum atomic E-state index is 12.8. The first-order valence-electron chi connectivity index (χ1n) is 19.3. The Morgan fingerprint density at radius 2 is 0.828 bits per heavy atom. The van der Waals surface area contributed by atoms with Gasteiger partial charge in [-0.3, -0.25) is 19.2 Å². The topological polar surface area (TPSA) is 274 Å². The first kappa shape index (κ1) is 43.7. The van der Waals surface area contributed by atoms with Gasteiger partial charge in [-0.15, -0.1) is 0 Å². The van der Waals surface area contributed by atoms with Crippen LogP contribution in [-0.2, 0) is 54.8 Å². The molecule has 0 aliphatic carbocycles. The molecular formula is C38H54N10O10. The first-order valence-corrected chi connectivity index (χ1v) is 19.3. The molecular weight excluding hydrogens is 756 g/mol. The molecule has 0 spiro atoms. The van der Waals surface area contributed by atoms with Gasteiger partial charge >= 0.3 is 12.1 Å². The minimum absolute atomic E-state index is 0.0879. The second-order valence-electron chi connectivity index (χ2n) is 14.3. The van der Waals surface area contributed by atoms with Gasteiger partial charge in [-0.25, -0.2) is 9.59 Å². The van der Waals surface area contributed by atoms with Crippen LogP contribution in [0.25, 0.3) is 0 Å². The van der Waals surface area contributed by atoms with Crippen molar-refractivity contribution in [2.45, 2.75) is 50.6 Å². The van der Waals surface area contributed by atoms with Crippen LogP contribution in [0.3, 0.4) is 0 Å². The van der Waals surface area contributed by atoms with Crippen LogP contribution in [0.15, 0.2) is 48.5 Å². The maximum Gasteiger partial charge on any atom is 0.317 e. The number of nitrogens with zero attached hydrogens (tertiary/aromatic N) is 4. The zero-order chi connectivity index (χ0) is 41.7. The lowest BCUT2D eigenvalue weighted by molar-refractivity contribution is -0.338. The molecule has 2 aromatic rings. The summed E-state index contributed by atoms with van der Waals surface area (Å²) in [5, 5.41) is 32.0. The number of carbonyl (C=O) groups excluding carboxylic acids is 6. The number of hydrogen-bond donors (Lipinski definition) is 8. The third-order valence-corrected chi connectivity index (χ3v) is 10.2. The van der Waals surface area contributed by atoms with Crippen molar-refractivity contribution in [3.63, 3.8) is 0 Å². The second-order valence-corrected chi connectivity index (χ2v) is 14.3. The van der Waals surface area contributed by atoms with Gasteiger partial charge in [0.15, 0.2) is 0 Å². The summed E-state index contributed by atoms with van der Waals surface area (Å²) in [6.07, 6.45) is -0.176. The van der Waals surface area contributed by atoms with Crippen LogP contribution in [0.4, 0.5) is 9.59 Å². The average Bonchev–Trinajstić information content (AvgIpc) is 3.26. The number of hydrogen-bond acceptors (Lipinski definition) is 12. The predicted octanol–water partition coefficient (Wildman–Crippen LogP) is -2.55. The summed E-state index contributed by atoms with van der Waals surface area (Å²) in [7, 11) is 0. The second kappa shape index (κ2) is 20.4. The van der Waals surface area contributed by atoms with E-state index in [2.05, 4.69) is 21.3 Å². The summed E-state index contributed by atoms with van der Waals surface area (Å²) in [6.45, 7) is 2.11. The van der Waals surface area contributed by atoms with Gasteiger partial charge in [0.05, 0.1) is 0 Å². The van der Waals surface area contributed by atoms with Gasteiger partial charge in [-0.1, -0.05) is 48.5 Å². The molecule has 3 fully saturated rings. The molecule has 3 saturated heterocycles. The summed E-state index contributed by atoms with van der Waals surface area (Å²) in [4.78, 5) is 82.7. The summed E-state index contributed by atoms with van der Waals surface area (Å²) >= 11 is 0. The van der Waals surface area contributed by atoms with E-state index < -0.39 is 36.6 Å². The van der Waals surface area contributed by atoms with Crippen LogP contribution in [0, 0.1) is 0 Å². The number of carbonyl (C=O) groups is 6. The molecule has 20 heteroatoms. The van der Waals surface area contributed by atoms with Crippen molar-refractivity contribution in [1.82, 2.24) is 40.9 Å². The average molecular weight is 811 g/mol. The van der Waals surface area contributed by atoms with Gasteiger partial charge in [0.25, 0.3) is 23.4 Å². The van der Waals surface area contributed by atoms with Gasteiger partial charge < -0.3 is 72.0 Å². The van der Waals surface area contributed by atoms with Gasteiger partial charge in [-0.05, 0) is 22.3 Å². The van der Waals surface area contributed by atoms with Crippen molar-refractivity contribution < 1.29 is 48.5 Å². The van der Waals surface area contributed by atoms with E-state index in [9.17, 15) is 39.0 Å². The third-order valence-electron chi connectivity index (χ3n) is 10.2. The first-order chi connectivity index (χ1) is 27.8. The van der Waals surface area contributed by atoms with Crippen molar-refractivity contribution in [2.75, 3.05) is 78.7 Å². The van der Waals surface area contributed by atoms with Gasteiger partial charge in [-0.2, -0.15) is 0 Å². The number of nitrogens with one attached hydrogen (secondary N) is 4. The number of urea groups is 2. The monoisotopic (exact) mass is 810 g/mol. The number of rotatable bonds is 14. The van der Waals surface area contributed by atoms with E-state index in [1.807, 2.05) is 48.5 Å². The zero-order valence-corrected chi connectivity index (χ0v) is 32.5. The summed E-state index contributed by atoms with van der Waals surface area (Å²) in [6, 6.07) is 14.8. The quantitative estimate of drug-likeness (QED) is 0.0980. The lowest BCUT2D eigenvalue weighted by atomic mass is 10.1. The molecule has 316 valence electrons. The number of ether oxygens (including phenoxy) is 2. The standard InChI is InChI=1S/C38H54N10O10/c39-21-27-1-5-29(6-2-27)23-43-35(53)47-17-13-45(14-18-47)31(49)9-11-41-33(51)37(55)25-58-38(56,26-57-37)34(52)42-12-10-32(50)46-15-19-48(20-16-46)36(54)44-24-30-7-3-28(22-40)4-8-30/h1-8,55-56H,9-26,39-40H2,(H,41,51)(H,42,52)(H,43,53)(H,44,54). The highest BCUT2D eigenvalue weighted by atomic mass is 16.7. The number of benzene rings is 2. The van der Waals surface area contributed by atoms with Crippen LogP contribution < -0.4 is 32.7 Å². The van der Waals surface area contributed by atoms with Gasteiger partial charge in [0, 0.05) is 104 Å². The van der Waals surface area contributed by atoms with Crippen molar-refractivity contribution in [1.29, 1.82) is 0 Å². The molecule has 8 amide bonds. The fourth-order valence-corrected chi connectivity index (χ4v) is 6.42. The van der Waals surface area contributed by atoms with Crippen molar-refractivity contribution >= 4 is 35.7 Å². The third kappa shape index (κ3) is 11.8. The minimum atomic E-state index is -2.54. The Kier molecular flexibility index (Phi) is 15.3. The molecule has 2 unspecified atom stereocenters. The number of aliphatic hydroxyl groups is 2. The van der Waals surface area contributed by atoms with Crippen LogP contribution in [0.5, 0.6) is 0 Å². The fourth-order valence-electron chi connectivity index (χ4n) is 6.42. The van der Waals surface area contributed by atoms with Crippen LogP contribution in [-0.4, -0.2) is 156 Å². The SMILES string of the molecule is NCc1ccc(CNC(=O)N2CCN(C(=O)CCNC(=O)C3(O)COC(O)(C(=O)NCCC(=O)N4CCN(C(=O)NCc5ccc(CN)cc5)CC4)CO3)CC2)cc1. The van der Waals surface area contributed by atoms with Crippen LogP contribution in [0.1, 0.15) is 35.1 Å². The van der Waals surface area contributed by atoms with E-state index in [1.165, 1.54) is 0 Å². The van der Waals surface area contributed by atoms with E-state index in [4.69, 9.17) is 20.9 Å². The highest BCUT2D eigenvalue weighted by Crippen LogP contribution is 2.23. The van der Waals surface area contributed by atoms with E-state index in [-0.39, 0.29) is 49.8 Å². The molecule has 5 rings (SSSR count). The summed E-state index contributed by atoms with van der Waals surface area (Å²) < 4.78 is 10.4. The molecule has 0 radical (unpaired) electrons. The normalized spacial score (nSPS) is 20.9. The smallest absolute Gasteiger partial charge is 0.317 e. The van der Waals surface area contributed by atoms with Crippen LogP contribution in [0.2, 0.25) is 0 Å². The number of nitrogens with two attached hydrogens (primary N) is 2. The predicted molar refractivity (Wildman–Crippen MR) is 207 cm³/mol. The van der Waals surface area contributed by atoms with Crippen molar-refractivity contribution in [3.05, 3.63) is 70.8 Å². The Morgan fingerprint density at radius 1 is 0.517 bits per heavy atom. The molecule has 2 aromatic carbocycles. The Labute approximate surface area is 336 Å². The Morgan fingerprint density at radius 3 is 1.14 bits per heavy atom. The number of amides is 8. The summed E-state index contributed by atoms with van der Waals surface area (Å²) in [5.74, 6) is -7.64. The number of piperazine rings is 2.